The lowest BCUT2D eigenvalue weighted by molar-refractivity contribution is 0.462. The largest absolute Gasteiger partial charge is 0.367 e. The van der Waals surface area contributed by atoms with Crippen LogP contribution in [0.2, 0.25) is 0 Å². The van der Waals surface area contributed by atoms with Crippen molar-refractivity contribution in [3.8, 4) is 0 Å². The molecule has 1 saturated heterocycles. The van der Waals surface area contributed by atoms with Gasteiger partial charge in [0.1, 0.15) is 17.5 Å². The second-order valence-electron chi connectivity index (χ2n) is 7.58. The first kappa shape index (κ1) is 20.0. The van der Waals surface area contributed by atoms with Crippen molar-refractivity contribution in [3.63, 3.8) is 0 Å². The van der Waals surface area contributed by atoms with E-state index in [1.165, 1.54) is 22.9 Å². The molecule has 7 nitrogen and oxygen atoms in total. The van der Waals surface area contributed by atoms with E-state index in [0.717, 1.165) is 43.1 Å². The number of aryl methyl sites for hydroxylation is 1. The first-order valence-electron chi connectivity index (χ1n) is 10.2. The Kier molecular flexibility index (Phi) is 6.02. The van der Waals surface area contributed by atoms with Crippen LogP contribution in [0.5, 0.6) is 0 Å². The molecule has 1 N–H and O–H groups in total. The molecule has 0 spiro atoms. The van der Waals surface area contributed by atoms with E-state index in [0.29, 0.717) is 12.1 Å². The van der Waals surface area contributed by atoms with Crippen LogP contribution in [0.1, 0.15) is 30.5 Å². The van der Waals surface area contributed by atoms with Crippen LogP contribution in [0.3, 0.4) is 0 Å². The van der Waals surface area contributed by atoms with Crippen molar-refractivity contribution in [2.24, 2.45) is 0 Å². The topological polar surface area (TPSA) is 75.9 Å². The predicted octanol–water partition coefficient (Wildman–Crippen LogP) is 3.00. The van der Waals surface area contributed by atoms with Crippen molar-refractivity contribution in [3.05, 3.63) is 76.2 Å². The van der Waals surface area contributed by atoms with E-state index < -0.39 is 0 Å². The van der Waals surface area contributed by atoms with Gasteiger partial charge in [0.25, 0.3) is 5.56 Å². The fraction of sp³-hybridized carbons (Fsp3) is 0.364. The van der Waals surface area contributed by atoms with E-state index in [-0.39, 0.29) is 24.0 Å². The molecule has 0 radical (unpaired) electrons. The van der Waals surface area contributed by atoms with Gasteiger partial charge in [-0.1, -0.05) is 12.1 Å². The molecule has 4 rings (SSSR count). The Hall–Kier alpha value is -3.29. The van der Waals surface area contributed by atoms with E-state index >= 15 is 0 Å². The summed E-state index contributed by atoms with van der Waals surface area (Å²) >= 11 is 0. The summed E-state index contributed by atoms with van der Waals surface area (Å²) in [7, 11) is 0. The molecule has 3 aromatic rings. The number of nitrogens with one attached hydrogen (secondary N) is 1. The fourth-order valence-electron chi connectivity index (χ4n) is 3.73. The standard InChI is InChI=1S/C22H25FN6O/c1-16-12-25-20(14-24-16)26-13-19-7-2-3-10-28(19)21-8-9-22(30)29(27-21)15-17-5-4-6-18(23)11-17/h4-6,8-9,11-12,14,19H,2-3,7,10,13,15H2,1H3,(H,25,26). The highest BCUT2D eigenvalue weighted by Gasteiger charge is 2.24. The third kappa shape index (κ3) is 4.82. The predicted molar refractivity (Wildman–Crippen MR) is 114 cm³/mol. The number of hydrogen-bond acceptors (Lipinski definition) is 6. The molecule has 1 aliphatic heterocycles. The lowest BCUT2D eigenvalue weighted by Gasteiger charge is -2.36. The Labute approximate surface area is 174 Å². The van der Waals surface area contributed by atoms with E-state index in [4.69, 9.17) is 0 Å². The quantitative estimate of drug-likeness (QED) is 0.676. The molecule has 156 valence electrons. The second kappa shape index (κ2) is 9.02. The van der Waals surface area contributed by atoms with Gasteiger partial charge in [-0.3, -0.25) is 9.78 Å². The molecular formula is C22H25FN6O. The Morgan fingerprint density at radius 2 is 2.07 bits per heavy atom. The zero-order valence-corrected chi connectivity index (χ0v) is 17.0. The Bertz CT molecular complexity index is 1050. The normalized spacial score (nSPS) is 16.5. The molecule has 3 heterocycles. The van der Waals surface area contributed by atoms with Crippen LogP contribution < -0.4 is 15.8 Å². The summed E-state index contributed by atoms with van der Waals surface area (Å²) in [6, 6.07) is 9.78. The molecule has 8 heteroatoms. The number of halogens is 1. The SMILES string of the molecule is Cc1cnc(NCC2CCCCN2c2ccc(=O)n(Cc3cccc(F)c3)n2)cn1. The van der Waals surface area contributed by atoms with Crippen molar-refractivity contribution < 1.29 is 4.39 Å². The molecule has 0 amide bonds. The Morgan fingerprint density at radius 3 is 2.87 bits per heavy atom. The molecule has 1 atom stereocenters. The zero-order chi connectivity index (χ0) is 20.9. The van der Waals surface area contributed by atoms with Crippen molar-refractivity contribution in [1.29, 1.82) is 0 Å². The average molecular weight is 408 g/mol. The molecule has 1 fully saturated rings. The molecule has 1 aromatic carbocycles. The summed E-state index contributed by atoms with van der Waals surface area (Å²) < 4.78 is 14.9. The van der Waals surface area contributed by atoms with Crippen LogP contribution in [0.15, 0.2) is 53.6 Å². The van der Waals surface area contributed by atoms with E-state index in [1.54, 1.807) is 30.6 Å². The van der Waals surface area contributed by atoms with Crippen LogP contribution >= 0.6 is 0 Å². The highest BCUT2D eigenvalue weighted by molar-refractivity contribution is 5.40. The monoisotopic (exact) mass is 408 g/mol. The first-order chi connectivity index (χ1) is 14.6. The molecule has 0 aliphatic carbocycles. The number of benzene rings is 1. The molecule has 1 aliphatic rings. The number of nitrogens with zero attached hydrogens (tertiary/aromatic N) is 5. The van der Waals surface area contributed by atoms with Crippen LogP contribution in [0.4, 0.5) is 16.0 Å². The number of rotatable bonds is 6. The number of hydrogen-bond donors (Lipinski definition) is 1. The highest BCUT2D eigenvalue weighted by Crippen LogP contribution is 2.23. The molecule has 0 bridgehead atoms. The van der Waals surface area contributed by atoms with Crippen molar-refractivity contribution in [1.82, 2.24) is 19.7 Å². The van der Waals surface area contributed by atoms with Gasteiger partial charge < -0.3 is 10.2 Å². The Balaban J connectivity index is 1.51. The van der Waals surface area contributed by atoms with E-state index in [1.807, 2.05) is 6.92 Å². The van der Waals surface area contributed by atoms with E-state index in [2.05, 4.69) is 25.3 Å². The fourth-order valence-corrected chi connectivity index (χ4v) is 3.73. The van der Waals surface area contributed by atoms with Gasteiger partial charge in [0.2, 0.25) is 0 Å². The number of aromatic nitrogens is 4. The maximum Gasteiger partial charge on any atom is 0.267 e. The molecular weight excluding hydrogens is 383 g/mol. The summed E-state index contributed by atoms with van der Waals surface area (Å²) in [6.07, 6.45) is 6.72. The molecule has 30 heavy (non-hydrogen) atoms. The number of piperidine rings is 1. The van der Waals surface area contributed by atoms with Gasteiger partial charge in [-0.25, -0.2) is 14.1 Å². The number of anilines is 2. The lowest BCUT2D eigenvalue weighted by atomic mass is 10.0. The third-order valence-corrected chi connectivity index (χ3v) is 5.30. The van der Waals surface area contributed by atoms with Gasteiger partial charge in [0, 0.05) is 25.2 Å². The van der Waals surface area contributed by atoms with Crippen LogP contribution in [-0.2, 0) is 6.54 Å². The summed E-state index contributed by atoms with van der Waals surface area (Å²) in [6.45, 7) is 3.73. The maximum atomic E-state index is 13.5. The van der Waals surface area contributed by atoms with Crippen molar-refractivity contribution >= 4 is 11.6 Å². The second-order valence-corrected chi connectivity index (χ2v) is 7.58. The zero-order valence-electron chi connectivity index (χ0n) is 17.0. The van der Waals surface area contributed by atoms with Gasteiger partial charge in [-0.05, 0) is 49.9 Å². The summed E-state index contributed by atoms with van der Waals surface area (Å²) in [5.74, 6) is 1.18. The van der Waals surface area contributed by atoms with Gasteiger partial charge in [0.15, 0.2) is 0 Å². The summed E-state index contributed by atoms with van der Waals surface area (Å²) in [5, 5.41) is 7.95. The molecule has 2 aromatic heterocycles. The minimum absolute atomic E-state index is 0.204. The summed E-state index contributed by atoms with van der Waals surface area (Å²) in [5.41, 5.74) is 1.38. The molecule has 1 unspecified atom stereocenters. The molecule has 0 saturated carbocycles. The van der Waals surface area contributed by atoms with Crippen LogP contribution in [0.25, 0.3) is 0 Å². The third-order valence-electron chi connectivity index (χ3n) is 5.30. The Morgan fingerprint density at radius 1 is 1.17 bits per heavy atom. The van der Waals surface area contributed by atoms with Gasteiger partial charge in [-0.15, -0.1) is 0 Å². The van der Waals surface area contributed by atoms with Gasteiger partial charge >= 0.3 is 0 Å². The smallest absolute Gasteiger partial charge is 0.267 e. The van der Waals surface area contributed by atoms with Crippen molar-refractivity contribution in [2.45, 2.75) is 38.8 Å². The first-order valence-corrected chi connectivity index (χ1v) is 10.2. The van der Waals surface area contributed by atoms with Gasteiger partial charge in [-0.2, -0.15) is 5.10 Å². The van der Waals surface area contributed by atoms with Crippen LogP contribution in [0, 0.1) is 12.7 Å². The average Bonchev–Trinajstić information content (AvgIpc) is 2.75. The minimum Gasteiger partial charge on any atom is -0.367 e. The summed E-state index contributed by atoms with van der Waals surface area (Å²) in [4.78, 5) is 23.2. The van der Waals surface area contributed by atoms with Crippen LogP contribution in [-0.4, -0.2) is 38.9 Å². The van der Waals surface area contributed by atoms with Crippen molar-refractivity contribution in [2.75, 3.05) is 23.3 Å². The minimum atomic E-state index is -0.321. The van der Waals surface area contributed by atoms with Gasteiger partial charge in [0.05, 0.1) is 24.6 Å². The maximum absolute atomic E-state index is 13.5. The lowest BCUT2D eigenvalue weighted by Crippen LogP contribution is -2.45. The highest BCUT2D eigenvalue weighted by atomic mass is 19.1. The van der Waals surface area contributed by atoms with E-state index in [9.17, 15) is 9.18 Å².